The van der Waals surface area contributed by atoms with Crippen LogP contribution in [0.5, 0.6) is 5.75 Å². The summed E-state index contributed by atoms with van der Waals surface area (Å²) >= 11 is 0. The molecule has 1 atom stereocenters. The number of nitrogens with one attached hydrogen (secondary N) is 1. The number of aliphatic hydroxyl groups is 1. The van der Waals surface area contributed by atoms with Crippen LogP contribution in [0.15, 0.2) is 24.3 Å². The van der Waals surface area contributed by atoms with Crippen molar-refractivity contribution < 1.29 is 9.84 Å². The molecule has 16 heavy (non-hydrogen) atoms. The second-order valence-corrected chi connectivity index (χ2v) is 3.83. The van der Waals surface area contributed by atoms with Crippen LogP contribution in [0, 0.1) is 0 Å². The van der Waals surface area contributed by atoms with Gasteiger partial charge in [0, 0.05) is 0 Å². The Morgan fingerprint density at radius 1 is 1.31 bits per heavy atom. The van der Waals surface area contributed by atoms with Crippen LogP contribution >= 0.6 is 0 Å². The number of methoxy groups -OCH3 is 1. The van der Waals surface area contributed by atoms with E-state index in [1.165, 1.54) is 5.56 Å². The van der Waals surface area contributed by atoms with Gasteiger partial charge in [0.05, 0.1) is 7.11 Å². The zero-order chi connectivity index (χ0) is 11.8. The number of benzene rings is 1. The maximum Gasteiger partial charge on any atom is 0.118 e. The van der Waals surface area contributed by atoms with E-state index in [0.29, 0.717) is 0 Å². The topological polar surface area (TPSA) is 41.5 Å². The van der Waals surface area contributed by atoms with E-state index in [9.17, 15) is 5.11 Å². The van der Waals surface area contributed by atoms with Gasteiger partial charge in [-0.2, -0.15) is 0 Å². The molecule has 0 radical (unpaired) electrons. The van der Waals surface area contributed by atoms with Crippen molar-refractivity contribution in [2.24, 2.45) is 0 Å². The highest BCUT2D eigenvalue weighted by atomic mass is 16.5. The van der Waals surface area contributed by atoms with Crippen LogP contribution < -0.4 is 10.1 Å². The fourth-order valence-electron chi connectivity index (χ4n) is 1.50. The molecule has 0 amide bonds. The molecule has 1 rings (SSSR count). The lowest BCUT2D eigenvalue weighted by atomic mass is 10.1. The summed E-state index contributed by atoms with van der Waals surface area (Å²) in [6, 6.07) is 8.11. The van der Waals surface area contributed by atoms with Gasteiger partial charge in [-0.3, -0.25) is 5.32 Å². The van der Waals surface area contributed by atoms with E-state index >= 15 is 0 Å². The Balaban J connectivity index is 2.21. The smallest absolute Gasteiger partial charge is 0.118 e. The molecular weight excluding hydrogens is 202 g/mol. The fourth-order valence-corrected chi connectivity index (χ4v) is 1.50. The summed E-state index contributed by atoms with van der Waals surface area (Å²) in [6.45, 7) is 2.81. The van der Waals surface area contributed by atoms with Crippen molar-refractivity contribution in [1.82, 2.24) is 5.32 Å². The van der Waals surface area contributed by atoms with Crippen LogP contribution in [0.2, 0.25) is 0 Å². The molecule has 0 heterocycles. The molecule has 3 nitrogen and oxygen atoms in total. The monoisotopic (exact) mass is 223 g/mol. The van der Waals surface area contributed by atoms with Crippen LogP contribution in [0.3, 0.4) is 0 Å². The molecule has 0 aliphatic carbocycles. The van der Waals surface area contributed by atoms with Crippen LogP contribution in [-0.4, -0.2) is 25.0 Å². The molecule has 0 aliphatic rings. The van der Waals surface area contributed by atoms with Crippen LogP contribution in [-0.2, 0) is 6.42 Å². The van der Waals surface area contributed by atoms with Crippen molar-refractivity contribution in [2.45, 2.75) is 32.4 Å². The number of aryl methyl sites for hydroxylation is 1. The lowest BCUT2D eigenvalue weighted by Gasteiger charge is -2.09. The van der Waals surface area contributed by atoms with Crippen molar-refractivity contribution in [1.29, 1.82) is 0 Å². The van der Waals surface area contributed by atoms with Gasteiger partial charge >= 0.3 is 0 Å². The van der Waals surface area contributed by atoms with Gasteiger partial charge in [-0.15, -0.1) is 0 Å². The summed E-state index contributed by atoms with van der Waals surface area (Å²) in [7, 11) is 1.67. The largest absolute Gasteiger partial charge is 0.497 e. The zero-order valence-electron chi connectivity index (χ0n) is 10.1. The molecule has 0 saturated carbocycles. The predicted molar refractivity (Wildman–Crippen MR) is 65.6 cm³/mol. The van der Waals surface area contributed by atoms with E-state index in [2.05, 4.69) is 17.4 Å². The van der Waals surface area contributed by atoms with Crippen molar-refractivity contribution >= 4 is 0 Å². The highest BCUT2D eigenvalue weighted by Crippen LogP contribution is 2.12. The summed E-state index contributed by atoms with van der Waals surface area (Å²) in [4.78, 5) is 0. The average Bonchev–Trinajstić information content (AvgIpc) is 2.35. The van der Waals surface area contributed by atoms with E-state index in [4.69, 9.17) is 4.74 Å². The minimum atomic E-state index is -0.365. The molecule has 0 saturated heterocycles. The van der Waals surface area contributed by atoms with Gasteiger partial charge in [-0.1, -0.05) is 19.1 Å². The summed E-state index contributed by atoms with van der Waals surface area (Å²) in [5, 5.41) is 12.4. The molecule has 0 fully saturated rings. The molecular formula is C13H21NO2. The van der Waals surface area contributed by atoms with E-state index in [1.807, 2.05) is 19.1 Å². The number of rotatable bonds is 7. The summed E-state index contributed by atoms with van der Waals surface area (Å²) in [5.41, 5.74) is 1.30. The molecule has 0 aliphatic heterocycles. The van der Waals surface area contributed by atoms with Crippen molar-refractivity contribution in [2.75, 3.05) is 13.7 Å². The highest BCUT2D eigenvalue weighted by molar-refractivity contribution is 5.27. The number of aliphatic hydroxyl groups excluding tert-OH is 1. The second-order valence-electron chi connectivity index (χ2n) is 3.83. The third-order valence-corrected chi connectivity index (χ3v) is 2.57. The van der Waals surface area contributed by atoms with Gasteiger partial charge in [-0.05, 0) is 43.5 Å². The van der Waals surface area contributed by atoms with Crippen molar-refractivity contribution in [3.8, 4) is 5.75 Å². The number of ether oxygens (including phenoxy) is 1. The quantitative estimate of drug-likeness (QED) is 0.548. The summed E-state index contributed by atoms with van der Waals surface area (Å²) in [6.07, 6.45) is 2.44. The summed E-state index contributed by atoms with van der Waals surface area (Å²) in [5.74, 6) is 0.892. The van der Waals surface area contributed by atoms with E-state index in [1.54, 1.807) is 7.11 Å². The Bertz CT molecular complexity index is 284. The van der Waals surface area contributed by atoms with Gasteiger partial charge in [-0.25, -0.2) is 0 Å². The van der Waals surface area contributed by atoms with Gasteiger partial charge in [0.1, 0.15) is 12.0 Å². The maximum atomic E-state index is 9.30. The normalized spacial score (nSPS) is 12.4. The SMILES string of the molecule is CC[C@H](O)NCCCc1ccc(OC)cc1. The van der Waals surface area contributed by atoms with Crippen LogP contribution in [0.25, 0.3) is 0 Å². The Labute approximate surface area is 97.4 Å². The predicted octanol–water partition coefficient (Wildman–Crippen LogP) is 1.95. The first kappa shape index (κ1) is 13.0. The Kier molecular flexibility index (Phi) is 5.90. The zero-order valence-corrected chi connectivity index (χ0v) is 10.1. The third kappa shape index (κ3) is 4.64. The van der Waals surface area contributed by atoms with Gasteiger partial charge in [0.2, 0.25) is 0 Å². The Hall–Kier alpha value is -1.06. The van der Waals surface area contributed by atoms with Gasteiger partial charge in [0.25, 0.3) is 0 Å². The first-order valence-electron chi connectivity index (χ1n) is 5.80. The van der Waals surface area contributed by atoms with Gasteiger partial charge < -0.3 is 9.84 Å². The number of hydrogen-bond donors (Lipinski definition) is 2. The molecule has 90 valence electrons. The molecule has 3 heteroatoms. The fraction of sp³-hybridized carbons (Fsp3) is 0.538. The lowest BCUT2D eigenvalue weighted by molar-refractivity contribution is 0.133. The molecule has 0 unspecified atom stereocenters. The highest BCUT2D eigenvalue weighted by Gasteiger charge is 1.98. The molecule has 1 aromatic carbocycles. The van der Waals surface area contributed by atoms with E-state index < -0.39 is 0 Å². The van der Waals surface area contributed by atoms with E-state index in [0.717, 1.165) is 31.6 Å². The van der Waals surface area contributed by atoms with Gasteiger partial charge in [0.15, 0.2) is 0 Å². The standard InChI is InChI=1S/C13H21NO2/c1-3-13(15)14-10-4-5-11-6-8-12(16-2)9-7-11/h6-9,13-15H,3-5,10H2,1-2H3/t13-/m0/s1. The minimum Gasteiger partial charge on any atom is -0.497 e. The number of hydrogen-bond acceptors (Lipinski definition) is 3. The minimum absolute atomic E-state index is 0.365. The molecule has 0 aromatic heterocycles. The third-order valence-electron chi connectivity index (χ3n) is 2.57. The molecule has 0 spiro atoms. The average molecular weight is 223 g/mol. The summed E-state index contributed by atoms with van der Waals surface area (Å²) < 4.78 is 5.10. The van der Waals surface area contributed by atoms with Crippen molar-refractivity contribution in [3.05, 3.63) is 29.8 Å². The molecule has 1 aromatic rings. The maximum absolute atomic E-state index is 9.30. The second kappa shape index (κ2) is 7.25. The lowest BCUT2D eigenvalue weighted by Crippen LogP contribution is -2.28. The molecule has 2 N–H and O–H groups in total. The Morgan fingerprint density at radius 2 is 2.00 bits per heavy atom. The van der Waals surface area contributed by atoms with Crippen LogP contribution in [0.4, 0.5) is 0 Å². The first-order valence-corrected chi connectivity index (χ1v) is 5.80. The van der Waals surface area contributed by atoms with E-state index in [-0.39, 0.29) is 6.23 Å². The molecule has 0 bridgehead atoms. The van der Waals surface area contributed by atoms with Crippen LogP contribution in [0.1, 0.15) is 25.3 Å². The van der Waals surface area contributed by atoms with Crippen molar-refractivity contribution in [3.63, 3.8) is 0 Å². The first-order chi connectivity index (χ1) is 7.76. The Morgan fingerprint density at radius 3 is 2.56 bits per heavy atom.